The number of thiocarbonyl (C=S) groups is 1. The summed E-state index contributed by atoms with van der Waals surface area (Å²) in [4.78, 5) is 0. The number of hydrogen-bond acceptors (Lipinski definition) is 3. The molecule has 4 heteroatoms. The predicted octanol–water partition coefficient (Wildman–Crippen LogP) is 0.491. The Bertz CT molecular complexity index is 295. The molecule has 0 amide bonds. The van der Waals surface area contributed by atoms with E-state index in [1.54, 1.807) is 11.8 Å². The van der Waals surface area contributed by atoms with Crippen molar-refractivity contribution in [3.8, 4) is 0 Å². The summed E-state index contributed by atoms with van der Waals surface area (Å²) in [5.74, 6) is 0. The molecular weight excluding hydrogens is 255 g/mol. The zero-order valence-corrected chi connectivity index (χ0v) is 14.2. The van der Waals surface area contributed by atoms with Crippen molar-refractivity contribution in [1.29, 1.82) is 0 Å². The molecule has 0 atom stereocenters. The van der Waals surface area contributed by atoms with Crippen molar-refractivity contribution in [3.05, 3.63) is 35.9 Å². The third kappa shape index (κ3) is 5.03. The topological polar surface area (TPSA) is 0 Å². The van der Waals surface area contributed by atoms with Crippen LogP contribution in [0.1, 0.15) is 19.4 Å². The molecule has 1 rings (SSSR count). The van der Waals surface area contributed by atoms with E-state index in [0.29, 0.717) is 3.53 Å². The molecule has 0 saturated carbocycles. The molecule has 70 valence electrons. The molecule has 0 bridgehead atoms. The second kappa shape index (κ2) is 6.96. The molecule has 1 aromatic carbocycles. The smallest absolute Gasteiger partial charge is 0.422 e. The van der Waals surface area contributed by atoms with E-state index < -0.39 is 0 Å². The van der Waals surface area contributed by atoms with Crippen molar-refractivity contribution in [3.63, 3.8) is 0 Å². The van der Waals surface area contributed by atoms with Crippen molar-refractivity contribution in [1.82, 2.24) is 0 Å². The third-order valence-electron chi connectivity index (χ3n) is 1.81. The monoisotopic (exact) mass is 266 g/mol. The van der Waals surface area contributed by atoms with Gasteiger partial charge in [-0.25, -0.2) is 0 Å². The van der Waals surface area contributed by atoms with Crippen LogP contribution in [0.25, 0.3) is 0 Å². The van der Waals surface area contributed by atoms with Gasteiger partial charge in [0.15, 0.2) is 0 Å². The van der Waals surface area contributed by atoms with Crippen LogP contribution in [0.15, 0.2) is 30.3 Å². The third-order valence-corrected chi connectivity index (χ3v) is 3.22. The van der Waals surface area contributed by atoms with Crippen LogP contribution in [-0.2, 0) is 17.4 Å². The fraction of sp³-hybridized carbons (Fsp3) is 0.300. The Morgan fingerprint density at radius 2 is 1.79 bits per heavy atom. The van der Waals surface area contributed by atoms with Crippen molar-refractivity contribution in [2.24, 2.45) is 0 Å². The fourth-order valence-corrected chi connectivity index (χ4v) is 3.03. The van der Waals surface area contributed by atoms with Gasteiger partial charge in [0.05, 0.1) is 0 Å². The molecule has 0 heterocycles. The molecule has 0 saturated heterocycles. The second-order valence-corrected chi connectivity index (χ2v) is 6.45. The van der Waals surface area contributed by atoms with E-state index in [4.69, 9.17) is 24.8 Å². The largest absolute Gasteiger partial charge is 1.00 e. The van der Waals surface area contributed by atoms with Gasteiger partial charge in [-0.15, -0.1) is 11.8 Å². The first-order valence-electron chi connectivity index (χ1n) is 3.98. The minimum atomic E-state index is -0.0138. The van der Waals surface area contributed by atoms with E-state index in [0.717, 1.165) is 0 Å². The van der Waals surface area contributed by atoms with Crippen molar-refractivity contribution >= 4 is 40.1 Å². The molecule has 0 aliphatic rings. The van der Waals surface area contributed by atoms with Gasteiger partial charge in [0.2, 0.25) is 0 Å². The number of rotatable bonds is 2. The van der Waals surface area contributed by atoms with Gasteiger partial charge in [-0.2, -0.15) is 0 Å². The van der Waals surface area contributed by atoms with E-state index in [2.05, 4.69) is 26.0 Å². The predicted molar refractivity (Wildman–Crippen MR) is 67.0 cm³/mol. The van der Waals surface area contributed by atoms with Crippen LogP contribution in [0.2, 0.25) is 0 Å². The first-order valence-corrected chi connectivity index (χ1v) is 5.61. The number of benzene rings is 1. The summed E-state index contributed by atoms with van der Waals surface area (Å²) in [6.07, 6.45) is 0. The Morgan fingerprint density at radius 1 is 1.29 bits per heavy atom. The first kappa shape index (κ1) is 15.5. The number of thioether (sulfide) groups is 1. The molecule has 0 fully saturated rings. The van der Waals surface area contributed by atoms with Gasteiger partial charge in [-0.05, 0) is 19.4 Å². The molecule has 0 spiro atoms. The Hall–Kier alpha value is 1.52. The Morgan fingerprint density at radius 3 is 2.21 bits per heavy atom. The van der Waals surface area contributed by atoms with Crippen LogP contribution in [0, 0.1) is 0 Å². The van der Waals surface area contributed by atoms with E-state index in [9.17, 15) is 0 Å². The summed E-state index contributed by atoms with van der Waals surface area (Å²) in [5, 5.41) is 0. The standard InChI is InChI=1S/C10H12S3.K/c1-10(2,13-9(11)12)8-6-4-3-5-7-8;/h3-7H,1-2H3,(H,11,12);/q;+1/p-1. The van der Waals surface area contributed by atoms with Gasteiger partial charge >= 0.3 is 51.4 Å². The van der Waals surface area contributed by atoms with Gasteiger partial charge in [0, 0.05) is 4.75 Å². The Kier molecular flexibility index (Phi) is 7.72. The summed E-state index contributed by atoms with van der Waals surface area (Å²) >= 11 is 11.4. The fourth-order valence-electron chi connectivity index (χ4n) is 1.11. The normalized spacial score (nSPS) is 10.4. The van der Waals surface area contributed by atoms with Crippen LogP contribution >= 0.6 is 24.0 Å². The molecular formula is C10H11KS3. The molecule has 0 unspecified atom stereocenters. The van der Waals surface area contributed by atoms with Crippen molar-refractivity contribution in [2.45, 2.75) is 18.6 Å². The molecule has 0 nitrogen and oxygen atoms in total. The molecule has 1 aromatic rings. The maximum absolute atomic E-state index is 4.92. The molecule has 14 heavy (non-hydrogen) atoms. The van der Waals surface area contributed by atoms with Crippen molar-refractivity contribution < 1.29 is 51.4 Å². The second-order valence-electron chi connectivity index (χ2n) is 3.23. The zero-order valence-electron chi connectivity index (χ0n) is 8.61. The van der Waals surface area contributed by atoms with E-state index in [1.165, 1.54) is 5.56 Å². The molecule has 0 aliphatic carbocycles. The van der Waals surface area contributed by atoms with Crippen LogP contribution in [-0.4, -0.2) is 3.53 Å². The maximum Gasteiger partial charge on any atom is 1.00 e. The quantitative estimate of drug-likeness (QED) is 0.434. The van der Waals surface area contributed by atoms with Gasteiger partial charge < -0.3 is 24.8 Å². The summed E-state index contributed by atoms with van der Waals surface area (Å²) in [7, 11) is 0. The van der Waals surface area contributed by atoms with E-state index in [1.807, 2.05) is 18.2 Å². The Labute approximate surface area is 143 Å². The van der Waals surface area contributed by atoms with Crippen molar-refractivity contribution in [2.75, 3.05) is 0 Å². The van der Waals surface area contributed by atoms with Gasteiger partial charge in [0.25, 0.3) is 0 Å². The van der Waals surface area contributed by atoms with E-state index >= 15 is 0 Å². The summed E-state index contributed by atoms with van der Waals surface area (Å²) < 4.78 is 0.564. The van der Waals surface area contributed by atoms with Gasteiger partial charge in [0.1, 0.15) is 0 Å². The molecule has 0 N–H and O–H groups in total. The summed E-state index contributed by atoms with van der Waals surface area (Å²) in [5.41, 5.74) is 1.26. The van der Waals surface area contributed by atoms with Gasteiger partial charge in [-0.1, -0.05) is 33.9 Å². The summed E-state index contributed by atoms with van der Waals surface area (Å²) in [6, 6.07) is 10.3. The van der Waals surface area contributed by atoms with Crippen LogP contribution in [0.3, 0.4) is 0 Å². The van der Waals surface area contributed by atoms with E-state index in [-0.39, 0.29) is 56.1 Å². The van der Waals surface area contributed by atoms with Gasteiger partial charge in [-0.3, -0.25) is 0 Å². The number of hydrogen-bond donors (Lipinski definition) is 0. The first-order chi connectivity index (χ1) is 6.02. The minimum Gasteiger partial charge on any atom is -0.422 e. The minimum absolute atomic E-state index is 0. The summed E-state index contributed by atoms with van der Waals surface area (Å²) in [6.45, 7) is 4.26. The van der Waals surface area contributed by atoms with Crippen LogP contribution in [0.4, 0.5) is 0 Å². The SMILES string of the molecule is CC(C)(SC(=S)[S-])c1ccccc1.[K+]. The maximum atomic E-state index is 4.92. The Balaban J connectivity index is 0.00000169. The molecule has 0 aromatic heterocycles. The molecule has 0 aliphatic heterocycles. The van der Waals surface area contributed by atoms with Crippen LogP contribution < -0.4 is 51.4 Å². The zero-order chi connectivity index (χ0) is 9.90. The average molecular weight is 266 g/mol. The van der Waals surface area contributed by atoms with Crippen LogP contribution in [0.5, 0.6) is 0 Å². The molecule has 0 radical (unpaired) electrons. The average Bonchev–Trinajstić information content (AvgIpc) is 2.04.